The van der Waals surface area contributed by atoms with E-state index in [2.05, 4.69) is 79.4 Å². The predicted molar refractivity (Wildman–Crippen MR) is 106 cm³/mol. The fraction of sp³-hybridized carbons (Fsp3) is 0.417. The molecule has 0 aromatic heterocycles. The van der Waals surface area contributed by atoms with Crippen molar-refractivity contribution in [1.29, 1.82) is 0 Å². The molecule has 2 atom stereocenters. The molecule has 0 radical (unpaired) electrons. The van der Waals surface area contributed by atoms with Gasteiger partial charge in [-0.25, -0.2) is 0 Å². The third-order valence-corrected chi connectivity index (χ3v) is 5.72. The Bertz CT molecular complexity index is 726. The van der Waals surface area contributed by atoms with Crippen LogP contribution in [-0.4, -0.2) is 17.0 Å². The maximum atomic E-state index is 2.71. The van der Waals surface area contributed by atoms with Crippen LogP contribution in [0, 0.1) is 5.92 Å². The van der Waals surface area contributed by atoms with Crippen molar-refractivity contribution in [3.63, 3.8) is 0 Å². The highest BCUT2D eigenvalue weighted by Gasteiger charge is 2.36. The molecule has 4 rings (SSSR count). The van der Waals surface area contributed by atoms with Gasteiger partial charge in [-0.1, -0.05) is 74.5 Å². The summed E-state index contributed by atoms with van der Waals surface area (Å²) in [7, 11) is 0. The first-order chi connectivity index (χ1) is 12.2. The van der Waals surface area contributed by atoms with Gasteiger partial charge >= 0.3 is 0 Å². The number of hydrogen-bond donors (Lipinski definition) is 0. The molecule has 1 fully saturated rings. The number of benzene rings is 2. The summed E-state index contributed by atoms with van der Waals surface area (Å²) in [5.74, 6) is 0.724. The van der Waals surface area contributed by atoms with Gasteiger partial charge in [0, 0.05) is 18.6 Å². The van der Waals surface area contributed by atoms with Crippen molar-refractivity contribution in [3.05, 3.63) is 77.4 Å². The Labute approximate surface area is 152 Å². The lowest BCUT2D eigenvalue weighted by atomic mass is 9.93. The van der Waals surface area contributed by atoms with Gasteiger partial charge in [-0.2, -0.15) is 0 Å². The van der Waals surface area contributed by atoms with Crippen LogP contribution in [0.15, 0.2) is 60.7 Å². The quantitative estimate of drug-likeness (QED) is 0.679. The van der Waals surface area contributed by atoms with Gasteiger partial charge in [0.25, 0.3) is 0 Å². The molecule has 130 valence electrons. The second-order valence-electron chi connectivity index (χ2n) is 8.15. The van der Waals surface area contributed by atoms with Crippen LogP contribution in [0.5, 0.6) is 0 Å². The largest absolute Gasteiger partial charge is 0.289 e. The molecule has 2 heterocycles. The van der Waals surface area contributed by atoms with E-state index >= 15 is 0 Å². The Morgan fingerprint density at radius 1 is 0.920 bits per heavy atom. The molecule has 2 aromatic carbocycles. The maximum absolute atomic E-state index is 2.71. The van der Waals surface area contributed by atoms with E-state index in [-0.39, 0.29) is 0 Å². The Morgan fingerprint density at radius 3 is 2.36 bits per heavy atom. The number of hydrogen-bond acceptors (Lipinski definition) is 1. The van der Waals surface area contributed by atoms with E-state index in [0.717, 1.165) is 12.5 Å². The molecule has 2 aliphatic rings. The lowest BCUT2D eigenvalue weighted by molar-refractivity contribution is 0.203. The fourth-order valence-corrected chi connectivity index (χ4v) is 4.50. The average Bonchev–Trinajstić information content (AvgIpc) is 2.84. The minimum absolute atomic E-state index is 0.615. The third kappa shape index (κ3) is 3.72. The van der Waals surface area contributed by atoms with Crippen molar-refractivity contribution in [2.24, 2.45) is 5.92 Å². The smallest absolute Gasteiger partial charge is 0.0291 e. The summed E-state index contributed by atoms with van der Waals surface area (Å²) >= 11 is 0. The highest BCUT2D eigenvalue weighted by atomic mass is 15.2. The van der Waals surface area contributed by atoms with Crippen molar-refractivity contribution >= 4 is 5.57 Å². The zero-order valence-corrected chi connectivity index (χ0v) is 15.5. The Balaban J connectivity index is 1.49. The van der Waals surface area contributed by atoms with Gasteiger partial charge < -0.3 is 0 Å². The van der Waals surface area contributed by atoms with Gasteiger partial charge in [0.2, 0.25) is 0 Å². The number of fused-ring (bicyclic) bond motifs is 2. The monoisotopic (exact) mass is 331 g/mol. The van der Waals surface area contributed by atoms with E-state index in [4.69, 9.17) is 0 Å². The molecule has 0 amide bonds. The van der Waals surface area contributed by atoms with Crippen LogP contribution in [-0.2, 0) is 13.0 Å². The summed E-state index contributed by atoms with van der Waals surface area (Å²) in [5, 5.41) is 0. The van der Waals surface area contributed by atoms with Crippen LogP contribution in [0.4, 0.5) is 0 Å². The molecule has 1 heteroatoms. The van der Waals surface area contributed by atoms with Crippen molar-refractivity contribution in [2.75, 3.05) is 0 Å². The fourth-order valence-electron chi connectivity index (χ4n) is 4.50. The maximum Gasteiger partial charge on any atom is 0.0291 e. The molecular weight excluding hydrogens is 302 g/mol. The second-order valence-corrected chi connectivity index (χ2v) is 8.15. The van der Waals surface area contributed by atoms with E-state index in [1.165, 1.54) is 42.4 Å². The van der Waals surface area contributed by atoms with Gasteiger partial charge in [0.05, 0.1) is 0 Å². The van der Waals surface area contributed by atoms with Gasteiger partial charge in [0.15, 0.2) is 0 Å². The zero-order valence-electron chi connectivity index (χ0n) is 15.5. The molecule has 2 aromatic rings. The van der Waals surface area contributed by atoms with Crippen LogP contribution in [0.1, 0.15) is 49.8 Å². The Morgan fingerprint density at radius 2 is 1.68 bits per heavy atom. The lowest BCUT2D eigenvalue weighted by Gasteiger charge is -2.34. The summed E-state index contributed by atoms with van der Waals surface area (Å²) in [6, 6.07) is 21.6. The van der Waals surface area contributed by atoms with Crippen molar-refractivity contribution in [3.8, 4) is 0 Å². The molecule has 2 bridgehead atoms. The molecule has 0 aliphatic carbocycles. The van der Waals surface area contributed by atoms with Gasteiger partial charge in [0.1, 0.15) is 0 Å². The van der Waals surface area contributed by atoms with E-state index in [9.17, 15) is 0 Å². The van der Waals surface area contributed by atoms with Crippen LogP contribution in [0.3, 0.4) is 0 Å². The molecule has 2 aliphatic heterocycles. The topological polar surface area (TPSA) is 3.24 Å². The summed E-state index contributed by atoms with van der Waals surface area (Å²) in [5.41, 5.74) is 5.90. The summed E-state index contributed by atoms with van der Waals surface area (Å²) < 4.78 is 0. The minimum Gasteiger partial charge on any atom is -0.289 e. The molecule has 1 saturated heterocycles. The van der Waals surface area contributed by atoms with Crippen LogP contribution in [0.25, 0.3) is 5.57 Å². The normalized spacial score (nSPS) is 23.1. The number of nitrogens with zero attached hydrogens (tertiary/aromatic N) is 1. The standard InChI is InChI=1S/C24H29N/c1-18(2)14-19-8-10-21(11-9-19)22-15-23-12-13-24(16-22)25(23)17-20-6-4-3-5-7-20/h3-11,15,18,23-24H,12-14,16-17H2,1-2H3. The number of rotatable bonds is 5. The van der Waals surface area contributed by atoms with Crippen molar-refractivity contribution in [2.45, 2.75) is 58.2 Å². The Kier molecular flexibility index (Phi) is 4.76. The molecule has 2 unspecified atom stereocenters. The zero-order chi connectivity index (χ0) is 17.2. The first-order valence-electron chi connectivity index (χ1n) is 9.79. The SMILES string of the molecule is CC(C)Cc1ccc(C2=CC3CCC(C2)N3Cc2ccccc2)cc1. The highest BCUT2D eigenvalue weighted by Crippen LogP contribution is 2.39. The van der Waals surface area contributed by atoms with Crippen molar-refractivity contribution < 1.29 is 0 Å². The van der Waals surface area contributed by atoms with Gasteiger partial charge in [-0.15, -0.1) is 0 Å². The van der Waals surface area contributed by atoms with Crippen molar-refractivity contribution in [1.82, 2.24) is 4.90 Å². The third-order valence-electron chi connectivity index (χ3n) is 5.72. The summed E-state index contributed by atoms with van der Waals surface area (Å²) in [6.45, 7) is 5.67. The summed E-state index contributed by atoms with van der Waals surface area (Å²) in [4.78, 5) is 2.71. The van der Waals surface area contributed by atoms with Gasteiger partial charge in [-0.05, 0) is 53.9 Å². The minimum atomic E-state index is 0.615. The second kappa shape index (κ2) is 7.17. The van der Waals surface area contributed by atoms with E-state index in [1.54, 1.807) is 5.57 Å². The molecular formula is C24H29N. The lowest BCUT2D eigenvalue weighted by Crippen LogP contribution is -2.37. The van der Waals surface area contributed by atoms with Crippen LogP contribution in [0.2, 0.25) is 0 Å². The van der Waals surface area contributed by atoms with Gasteiger partial charge in [-0.3, -0.25) is 4.90 Å². The van der Waals surface area contributed by atoms with Crippen LogP contribution < -0.4 is 0 Å². The molecule has 1 nitrogen and oxygen atoms in total. The molecule has 0 saturated carbocycles. The predicted octanol–water partition coefficient (Wildman–Crippen LogP) is 5.71. The molecule has 0 N–H and O–H groups in total. The molecule has 0 spiro atoms. The van der Waals surface area contributed by atoms with Crippen LogP contribution >= 0.6 is 0 Å². The Hall–Kier alpha value is -1.86. The molecule has 25 heavy (non-hydrogen) atoms. The summed E-state index contributed by atoms with van der Waals surface area (Å²) in [6.07, 6.45) is 7.57. The first kappa shape index (κ1) is 16.6. The average molecular weight is 332 g/mol. The first-order valence-corrected chi connectivity index (χ1v) is 9.79. The van der Waals surface area contributed by atoms with E-state index in [0.29, 0.717) is 12.1 Å². The van der Waals surface area contributed by atoms with E-state index in [1.807, 2.05) is 0 Å². The van der Waals surface area contributed by atoms with E-state index < -0.39 is 0 Å². The highest BCUT2D eigenvalue weighted by molar-refractivity contribution is 5.68.